The summed E-state index contributed by atoms with van der Waals surface area (Å²) in [6.07, 6.45) is 2.20. The Morgan fingerprint density at radius 2 is 1.85 bits per heavy atom. The molecule has 0 aliphatic carbocycles. The number of aryl methyl sites for hydroxylation is 1. The van der Waals surface area contributed by atoms with Gasteiger partial charge in [0.1, 0.15) is 0 Å². The maximum absolute atomic E-state index is 12.4. The van der Waals surface area contributed by atoms with Gasteiger partial charge in [0.25, 0.3) is 0 Å². The van der Waals surface area contributed by atoms with Crippen LogP contribution in [0.5, 0.6) is 0 Å². The Bertz CT molecular complexity index is 619. The lowest BCUT2D eigenvalue weighted by Crippen LogP contribution is -2.34. The van der Waals surface area contributed by atoms with Crippen molar-refractivity contribution < 1.29 is 4.79 Å². The average Bonchev–Trinajstić information content (AvgIpc) is 2.48. The lowest BCUT2D eigenvalue weighted by Gasteiger charge is -2.30. The number of nitrogens with zero attached hydrogens (tertiary/aromatic N) is 1. The first-order chi connectivity index (χ1) is 9.74. The minimum Gasteiger partial charge on any atom is -0.399 e. The fraction of sp³-hybridized carbons (Fsp3) is 0.235. The predicted molar refractivity (Wildman–Crippen MR) is 82.2 cm³/mol. The Hall–Kier alpha value is -2.29. The van der Waals surface area contributed by atoms with Gasteiger partial charge in [0.15, 0.2) is 5.78 Å². The van der Waals surface area contributed by atoms with Crippen molar-refractivity contribution in [1.29, 1.82) is 0 Å². The van der Waals surface area contributed by atoms with Gasteiger partial charge in [-0.3, -0.25) is 4.79 Å². The van der Waals surface area contributed by atoms with Crippen molar-refractivity contribution >= 4 is 17.2 Å². The van der Waals surface area contributed by atoms with E-state index in [0.717, 1.165) is 24.9 Å². The first kappa shape index (κ1) is 12.7. The third-order valence-corrected chi connectivity index (χ3v) is 3.77. The molecule has 1 heterocycles. The fourth-order valence-corrected chi connectivity index (χ4v) is 2.71. The van der Waals surface area contributed by atoms with Gasteiger partial charge in [-0.05, 0) is 48.7 Å². The summed E-state index contributed by atoms with van der Waals surface area (Å²) in [5, 5.41) is 0. The highest BCUT2D eigenvalue weighted by molar-refractivity contribution is 5.99. The van der Waals surface area contributed by atoms with Crippen LogP contribution in [0, 0.1) is 0 Å². The van der Waals surface area contributed by atoms with Crippen LogP contribution in [-0.4, -0.2) is 18.9 Å². The van der Waals surface area contributed by atoms with E-state index in [1.807, 2.05) is 6.07 Å². The first-order valence-corrected chi connectivity index (χ1v) is 6.95. The third-order valence-electron chi connectivity index (χ3n) is 3.77. The summed E-state index contributed by atoms with van der Waals surface area (Å²) in [5.74, 6) is 0.140. The van der Waals surface area contributed by atoms with Crippen LogP contribution in [0.4, 0.5) is 11.4 Å². The van der Waals surface area contributed by atoms with E-state index in [9.17, 15) is 4.79 Å². The van der Waals surface area contributed by atoms with Gasteiger partial charge in [0.2, 0.25) is 0 Å². The zero-order chi connectivity index (χ0) is 13.9. The molecule has 0 aromatic heterocycles. The van der Waals surface area contributed by atoms with Gasteiger partial charge in [0, 0.05) is 23.5 Å². The van der Waals surface area contributed by atoms with Crippen LogP contribution >= 0.6 is 0 Å². The van der Waals surface area contributed by atoms with Gasteiger partial charge in [0.05, 0.1) is 6.54 Å². The van der Waals surface area contributed by atoms with Gasteiger partial charge in [-0.2, -0.15) is 0 Å². The summed E-state index contributed by atoms with van der Waals surface area (Å²) in [4.78, 5) is 14.5. The molecule has 1 aliphatic heterocycles. The summed E-state index contributed by atoms with van der Waals surface area (Å²) in [7, 11) is 0. The maximum Gasteiger partial charge on any atom is 0.182 e. The average molecular weight is 266 g/mol. The third kappa shape index (κ3) is 2.52. The number of ketones is 1. The van der Waals surface area contributed by atoms with Crippen LogP contribution in [0.25, 0.3) is 0 Å². The first-order valence-electron chi connectivity index (χ1n) is 6.95. The van der Waals surface area contributed by atoms with Crippen molar-refractivity contribution in [1.82, 2.24) is 0 Å². The second-order valence-corrected chi connectivity index (χ2v) is 5.20. The largest absolute Gasteiger partial charge is 0.399 e. The second-order valence-electron chi connectivity index (χ2n) is 5.20. The summed E-state index contributed by atoms with van der Waals surface area (Å²) < 4.78 is 0. The Morgan fingerprint density at radius 3 is 2.65 bits per heavy atom. The molecule has 0 bridgehead atoms. The number of carbonyl (C=O) groups excluding carboxylic acids is 1. The SMILES string of the molecule is Nc1ccc(C(=O)CN2CCCc3ccccc32)cc1. The molecule has 0 radical (unpaired) electrons. The van der Waals surface area contributed by atoms with Crippen LogP contribution < -0.4 is 10.6 Å². The number of rotatable bonds is 3. The summed E-state index contributed by atoms with van der Waals surface area (Å²) in [6.45, 7) is 1.37. The number of hydrogen-bond acceptors (Lipinski definition) is 3. The van der Waals surface area contributed by atoms with E-state index in [1.54, 1.807) is 24.3 Å². The molecule has 2 aromatic rings. The maximum atomic E-state index is 12.4. The molecule has 0 fully saturated rings. The summed E-state index contributed by atoms with van der Waals surface area (Å²) in [5.41, 5.74) is 9.60. The van der Waals surface area contributed by atoms with Gasteiger partial charge < -0.3 is 10.6 Å². The van der Waals surface area contributed by atoms with Crippen molar-refractivity contribution in [3.05, 3.63) is 59.7 Å². The molecule has 3 heteroatoms. The standard InChI is InChI=1S/C17H18N2O/c18-15-9-7-14(8-10-15)17(20)12-19-11-3-5-13-4-1-2-6-16(13)19/h1-2,4,6-10H,3,5,11-12,18H2. The minimum absolute atomic E-state index is 0.140. The molecular formula is C17H18N2O. The summed E-state index contributed by atoms with van der Waals surface area (Å²) >= 11 is 0. The highest BCUT2D eigenvalue weighted by atomic mass is 16.1. The number of nitrogens with two attached hydrogens (primary N) is 1. The Balaban J connectivity index is 1.79. The molecule has 0 saturated carbocycles. The fourth-order valence-electron chi connectivity index (χ4n) is 2.71. The molecule has 20 heavy (non-hydrogen) atoms. The zero-order valence-electron chi connectivity index (χ0n) is 11.4. The smallest absolute Gasteiger partial charge is 0.182 e. The van der Waals surface area contributed by atoms with Crippen LogP contribution in [-0.2, 0) is 6.42 Å². The van der Waals surface area contributed by atoms with E-state index in [4.69, 9.17) is 5.73 Å². The van der Waals surface area contributed by atoms with Gasteiger partial charge >= 0.3 is 0 Å². The number of nitrogen functional groups attached to an aromatic ring is 1. The Morgan fingerprint density at radius 1 is 1.10 bits per heavy atom. The molecule has 0 spiro atoms. The number of hydrogen-bond donors (Lipinski definition) is 1. The molecule has 102 valence electrons. The van der Waals surface area contributed by atoms with Crippen LogP contribution in [0.3, 0.4) is 0 Å². The Kier molecular flexibility index (Phi) is 3.42. The molecular weight excluding hydrogens is 248 g/mol. The zero-order valence-corrected chi connectivity index (χ0v) is 11.4. The molecule has 0 atom stereocenters. The molecule has 3 rings (SSSR count). The van der Waals surface area contributed by atoms with Crippen molar-refractivity contribution in [2.75, 3.05) is 23.7 Å². The van der Waals surface area contributed by atoms with Crippen LogP contribution in [0.2, 0.25) is 0 Å². The number of benzene rings is 2. The minimum atomic E-state index is 0.140. The van der Waals surface area contributed by atoms with E-state index in [-0.39, 0.29) is 5.78 Å². The highest BCUT2D eigenvalue weighted by Gasteiger charge is 2.19. The van der Waals surface area contributed by atoms with E-state index in [2.05, 4.69) is 23.1 Å². The van der Waals surface area contributed by atoms with Crippen molar-refractivity contribution in [2.45, 2.75) is 12.8 Å². The molecule has 2 N–H and O–H groups in total. The number of carbonyl (C=O) groups is 1. The number of para-hydroxylation sites is 1. The predicted octanol–water partition coefficient (Wildman–Crippen LogP) is 2.90. The molecule has 3 nitrogen and oxygen atoms in total. The van der Waals surface area contributed by atoms with Crippen LogP contribution in [0.1, 0.15) is 22.3 Å². The van der Waals surface area contributed by atoms with E-state index >= 15 is 0 Å². The van der Waals surface area contributed by atoms with E-state index in [1.165, 1.54) is 11.3 Å². The van der Waals surface area contributed by atoms with Gasteiger partial charge in [-0.15, -0.1) is 0 Å². The molecule has 0 unspecified atom stereocenters. The van der Waals surface area contributed by atoms with Gasteiger partial charge in [-0.1, -0.05) is 18.2 Å². The monoisotopic (exact) mass is 266 g/mol. The molecule has 2 aromatic carbocycles. The lowest BCUT2D eigenvalue weighted by molar-refractivity contribution is 0.0998. The summed E-state index contributed by atoms with van der Waals surface area (Å²) in [6, 6.07) is 15.5. The Labute approximate surface area is 119 Å². The van der Waals surface area contributed by atoms with E-state index < -0.39 is 0 Å². The number of Topliss-reactive ketones (excluding diaryl/α,β-unsaturated/α-hetero) is 1. The van der Waals surface area contributed by atoms with Crippen molar-refractivity contribution in [3.63, 3.8) is 0 Å². The second kappa shape index (κ2) is 5.37. The lowest BCUT2D eigenvalue weighted by atomic mass is 10.0. The topological polar surface area (TPSA) is 46.3 Å². The number of anilines is 2. The molecule has 0 amide bonds. The van der Waals surface area contributed by atoms with Gasteiger partial charge in [-0.25, -0.2) is 0 Å². The molecule has 0 saturated heterocycles. The van der Waals surface area contributed by atoms with Crippen LogP contribution in [0.15, 0.2) is 48.5 Å². The van der Waals surface area contributed by atoms with E-state index in [0.29, 0.717) is 12.2 Å². The molecule has 1 aliphatic rings. The van der Waals surface area contributed by atoms with Crippen molar-refractivity contribution in [2.24, 2.45) is 0 Å². The number of fused-ring (bicyclic) bond motifs is 1. The normalized spacial score (nSPS) is 13.9. The highest BCUT2D eigenvalue weighted by Crippen LogP contribution is 2.26. The quantitative estimate of drug-likeness (QED) is 0.686. The van der Waals surface area contributed by atoms with Crippen molar-refractivity contribution in [3.8, 4) is 0 Å².